The predicted octanol–water partition coefficient (Wildman–Crippen LogP) is 2.74. The molecular formula is C17H10N8S. The number of nitriles is 1. The maximum absolute atomic E-state index is 9.14. The molecule has 0 amide bonds. The zero-order valence-corrected chi connectivity index (χ0v) is 14.1. The quantitative estimate of drug-likeness (QED) is 0.513. The molecule has 8 nitrogen and oxygen atoms in total. The first-order valence-electron chi connectivity index (χ1n) is 7.76. The molecule has 124 valence electrons. The fourth-order valence-corrected chi connectivity index (χ4v) is 3.73. The predicted molar refractivity (Wildman–Crippen MR) is 95.0 cm³/mol. The summed E-state index contributed by atoms with van der Waals surface area (Å²) in [7, 11) is 0. The van der Waals surface area contributed by atoms with Gasteiger partial charge in [0.1, 0.15) is 22.9 Å². The normalized spacial score (nSPS) is 12.1. The van der Waals surface area contributed by atoms with Crippen LogP contribution in [0.15, 0.2) is 53.2 Å². The van der Waals surface area contributed by atoms with E-state index in [4.69, 9.17) is 5.26 Å². The van der Waals surface area contributed by atoms with Crippen molar-refractivity contribution < 1.29 is 0 Å². The van der Waals surface area contributed by atoms with Crippen molar-refractivity contribution in [3.05, 3.63) is 54.5 Å². The maximum atomic E-state index is 9.14. The van der Waals surface area contributed by atoms with Gasteiger partial charge < -0.3 is 9.88 Å². The van der Waals surface area contributed by atoms with Crippen LogP contribution in [-0.4, -0.2) is 29.5 Å². The van der Waals surface area contributed by atoms with Gasteiger partial charge >= 0.3 is 0 Å². The van der Waals surface area contributed by atoms with Gasteiger partial charge in [-0.25, -0.2) is 24.9 Å². The maximum Gasteiger partial charge on any atom is 0.171 e. The van der Waals surface area contributed by atoms with E-state index >= 15 is 0 Å². The monoisotopic (exact) mass is 358 g/mol. The van der Waals surface area contributed by atoms with Gasteiger partial charge in [0, 0.05) is 17.3 Å². The molecule has 0 radical (unpaired) electrons. The number of nitrogens with one attached hydrogen (secondary N) is 1. The van der Waals surface area contributed by atoms with E-state index in [0.29, 0.717) is 17.7 Å². The van der Waals surface area contributed by atoms with E-state index in [1.165, 1.54) is 6.33 Å². The Morgan fingerprint density at radius 3 is 2.96 bits per heavy atom. The van der Waals surface area contributed by atoms with E-state index in [-0.39, 0.29) is 5.69 Å². The fraction of sp³-hybridized carbons (Fsp3) is 0.0588. The molecule has 0 fully saturated rings. The highest BCUT2D eigenvalue weighted by Crippen LogP contribution is 2.42. The Kier molecular flexibility index (Phi) is 3.29. The number of hydrogen-bond donors (Lipinski definition) is 1. The van der Waals surface area contributed by atoms with E-state index in [1.54, 1.807) is 30.5 Å². The third-order valence-electron chi connectivity index (χ3n) is 4.03. The van der Waals surface area contributed by atoms with Gasteiger partial charge in [0.2, 0.25) is 0 Å². The zero-order valence-electron chi connectivity index (χ0n) is 13.3. The summed E-state index contributed by atoms with van der Waals surface area (Å²) in [5.74, 6) is 0.765. The molecule has 9 heteroatoms. The van der Waals surface area contributed by atoms with Crippen LogP contribution >= 0.6 is 11.8 Å². The standard InChI is InChI=1S/C17H10N8S/c18-6-12-14-16(22-8-21-12)25(9-23-14)7-10-1-2-13-11(5-10)24-15-17(26-13)20-4-3-19-15/h1-5,8-9H,7H2,(H,19,24). The summed E-state index contributed by atoms with van der Waals surface area (Å²) < 4.78 is 1.91. The molecule has 1 aliphatic rings. The summed E-state index contributed by atoms with van der Waals surface area (Å²) in [5, 5.41) is 13.3. The lowest BCUT2D eigenvalue weighted by atomic mass is 10.2. The third kappa shape index (κ3) is 2.35. The molecule has 1 aliphatic heterocycles. The molecule has 0 aliphatic carbocycles. The van der Waals surface area contributed by atoms with Gasteiger partial charge in [-0.2, -0.15) is 5.26 Å². The molecule has 4 heterocycles. The van der Waals surface area contributed by atoms with E-state index in [0.717, 1.165) is 27.0 Å². The lowest BCUT2D eigenvalue weighted by Crippen LogP contribution is -2.05. The van der Waals surface area contributed by atoms with E-state index in [1.807, 2.05) is 10.6 Å². The number of rotatable bonds is 2. The molecular weight excluding hydrogens is 348 g/mol. The van der Waals surface area contributed by atoms with Crippen molar-refractivity contribution in [2.75, 3.05) is 5.32 Å². The van der Waals surface area contributed by atoms with Crippen molar-refractivity contribution in [2.45, 2.75) is 16.5 Å². The highest BCUT2D eigenvalue weighted by molar-refractivity contribution is 7.99. The zero-order chi connectivity index (χ0) is 17.5. The Balaban J connectivity index is 1.49. The minimum absolute atomic E-state index is 0.285. The van der Waals surface area contributed by atoms with Gasteiger partial charge in [-0.1, -0.05) is 17.8 Å². The summed E-state index contributed by atoms with van der Waals surface area (Å²) >= 11 is 1.59. The highest BCUT2D eigenvalue weighted by Gasteiger charge is 2.18. The average Bonchev–Trinajstić information content (AvgIpc) is 3.09. The average molecular weight is 358 g/mol. The molecule has 0 bridgehead atoms. The first-order chi connectivity index (χ1) is 12.8. The van der Waals surface area contributed by atoms with Crippen LogP contribution in [0.3, 0.4) is 0 Å². The summed E-state index contributed by atoms with van der Waals surface area (Å²) in [6.45, 7) is 0.589. The molecule has 0 saturated carbocycles. The molecule has 0 spiro atoms. The molecule has 3 aromatic heterocycles. The van der Waals surface area contributed by atoms with Crippen molar-refractivity contribution in [2.24, 2.45) is 0 Å². The van der Waals surface area contributed by atoms with Crippen molar-refractivity contribution in [3.8, 4) is 6.07 Å². The smallest absolute Gasteiger partial charge is 0.171 e. The van der Waals surface area contributed by atoms with Crippen LogP contribution in [0, 0.1) is 11.3 Å². The van der Waals surface area contributed by atoms with Crippen LogP contribution < -0.4 is 5.32 Å². The molecule has 4 aromatic rings. The number of imidazole rings is 1. The van der Waals surface area contributed by atoms with Crippen LogP contribution in [0.5, 0.6) is 0 Å². The molecule has 1 aromatic carbocycles. The molecule has 26 heavy (non-hydrogen) atoms. The number of nitrogens with zero attached hydrogens (tertiary/aromatic N) is 7. The molecule has 5 rings (SSSR count). The Hall–Kier alpha value is -3.51. The van der Waals surface area contributed by atoms with Gasteiger partial charge in [0.05, 0.1) is 18.6 Å². The number of anilines is 2. The van der Waals surface area contributed by atoms with Crippen LogP contribution in [-0.2, 0) is 6.54 Å². The van der Waals surface area contributed by atoms with E-state index in [2.05, 4.69) is 48.4 Å². The first kappa shape index (κ1) is 14.8. The highest BCUT2D eigenvalue weighted by atomic mass is 32.2. The third-order valence-corrected chi connectivity index (χ3v) is 5.10. The topological polar surface area (TPSA) is 105 Å². The summed E-state index contributed by atoms with van der Waals surface area (Å²) in [4.78, 5) is 22.3. The van der Waals surface area contributed by atoms with Crippen molar-refractivity contribution in [3.63, 3.8) is 0 Å². The Morgan fingerprint density at radius 1 is 1.12 bits per heavy atom. The van der Waals surface area contributed by atoms with Crippen molar-refractivity contribution >= 4 is 34.4 Å². The Morgan fingerprint density at radius 2 is 2.04 bits per heavy atom. The van der Waals surface area contributed by atoms with E-state index in [9.17, 15) is 0 Å². The summed E-state index contributed by atoms with van der Waals surface area (Å²) in [5.41, 5.74) is 3.53. The molecule has 0 atom stereocenters. The lowest BCUT2D eigenvalue weighted by molar-refractivity contribution is 0.812. The second-order valence-corrected chi connectivity index (χ2v) is 6.68. The van der Waals surface area contributed by atoms with Crippen molar-refractivity contribution in [1.82, 2.24) is 29.5 Å². The lowest BCUT2D eigenvalue weighted by Gasteiger charge is -2.19. The number of fused-ring (bicyclic) bond motifs is 3. The molecule has 0 unspecified atom stereocenters. The molecule has 0 saturated heterocycles. The fourth-order valence-electron chi connectivity index (χ4n) is 2.85. The Labute approximate surface area is 152 Å². The summed E-state index contributed by atoms with van der Waals surface area (Å²) in [6, 6.07) is 8.25. The summed E-state index contributed by atoms with van der Waals surface area (Å²) in [6.07, 6.45) is 6.43. The van der Waals surface area contributed by atoms with Gasteiger partial charge in [-0.3, -0.25) is 0 Å². The van der Waals surface area contributed by atoms with Crippen LogP contribution in [0.1, 0.15) is 11.3 Å². The first-order valence-corrected chi connectivity index (χ1v) is 8.58. The molecule has 1 N–H and O–H groups in total. The minimum Gasteiger partial charge on any atom is -0.337 e. The van der Waals surface area contributed by atoms with Crippen LogP contribution in [0.25, 0.3) is 11.2 Å². The number of hydrogen-bond acceptors (Lipinski definition) is 8. The largest absolute Gasteiger partial charge is 0.337 e. The SMILES string of the molecule is N#Cc1ncnc2c1ncn2Cc1ccc2c(c1)Nc1nccnc1S2. The van der Waals surface area contributed by atoms with Crippen LogP contribution in [0.2, 0.25) is 0 Å². The number of aromatic nitrogens is 6. The van der Waals surface area contributed by atoms with Gasteiger partial charge in [-0.05, 0) is 17.7 Å². The van der Waals surface area contributed by atoms with Gasteiger partial charge in [-0.15, -0.1) is 0 Å². The van der Waals surface area contributed by atoms with Gasteiger partial charge in [0.15, 0.2) is 17.2 Å². The van der Waals surface area contributed by atoms with Crippen molar-refractivity contribution in [1.29, 1.82) is 5.26 Å². The second kappa shape index (κ2) is 5.79. The minimum atomic E-state index is 0.285. The number of benzene rings is 1. The van der Waals surface area contributed by atoms with Crippen LogP contribution in [0.4, 0.5) is 11.5 Å². The Bertz CT molecular complexity index is 1190. The van der Waals surface area contributed by atoms with E-state index < -0.39 is 0 Å². The second-order valence-electron chi connectivity index (χ2n) is 5.65. The van der Waals surface area contributed by atoms with Gasteiger partial charge in [0.25, 0.3) is 0 Å².